The Balaban J connectivity index is 1.12. The number of imidazole rings is 1. The molecule has 0 spiro atoms. The van der Waals surface area contributed by atoms with Crippen LogP contribution in [0, 0.1) is 11.8 Å². The average molecular weight is 769 g/mol. The molecule has 296 valence electrons. The first-order valence-corrected chi connectivity index (χ1v) is 20.5. The van der Waals surface area contributed by atoms with Crippen LogP contribution in [0.15, 0.2) is 128 Å². The number of ether oxygens (including phenoxy) is 2. The number of para-hydroxylation sites is 2. The Kier molecular flexibility index (Phi) is 11.7. The summed E-state index contributed by atoms with van der Waals surface area (Å²) in [6.07, 6.45) is 8.42. The standard InChI is InChI=1S/C47H52N4O6/c52-43(33-25-26-33)44(53)38(27-32-15-5-1-6-16-32)49-45(54)39(50-46(55)42-30-56-40-23-13-14-24-41(40)57-42)28-37-29-51(31-48-37)47(34-17-7-2-8-18-34,35-19-9-3-10-20-35)36-21-11-4-12-22-36/h2-4,7-14,17-24,29,31-33,38-39,42-44,52-53H,1,5-6,15-16,25-28,30H2,(H,49,54)(H,50,55)/t38-,39-,42?,43-,44+/m0/s1. The molecule has 10 heteroatoms. The first-order valence-electron chi connectivity index (χ1n) is 20.5. The molecule has 1 unspecified atom stereocenters. The van der Waals surface area contributed by atoms with Gasteiger partial charge < -0.3 is 34.9 Å². The zero-order valence-corrected chi connectivity index (χ0v) is 32.2. The number of carbonyl (C=O) groups excluding carboxylic acids is 2. The van der Waals surface area contributed by atoms with E-state index < -0.39 is 47.7 Å². The van der Waals surface area contributed by atoms with Gasteiger partial charge in [-0.2, -0.15) is 0 Å². The highest BCUT2D eigenvalue weighted by Crippen LogP contribution is 2.41. The van der Waals surface area contributed by atoms with E-state index in [2.05, 4.69) is 51.6 Å². The summed E-state index contributed by atoms with van der Waals surface area (Å²) in [7, 11) is 0. The summed E-state index contributed by atoms with van der Waals surface area (Å²) >= 11 is 0. The maximum Gasteiger partial charge on any atom is 0.265 e. The molecule has 8 rings (SSSR count). The number of carbonyl (C=O) groups is 2. The molecule has 4 N–H and O–H groups in total. The van der Waals surface area contributed by atoms with E-state index in [4.69, 9.17) is 14.5 Å². The van der Waals surface area contributed by atoms with Gasteiger partial charge in [-0.3, -0.25) is 9.59 Å². The summed E-state index contributed by atoms with van der Waals surface area (Å²) in [6.45, 7) is -0.0177. The highest BCUT2D eigenvalue weighted by molar-refractivity contribution is 5.90. The zero-order chi connectivity index (χ0) is 39.2. The first kappa shape index (κ1) is 38.4. The number of benzene rings is 4. The van der Waals surface area contributed by atoms with E-state index in [0.717, 1.165) is 55.2 Å². The van der Waals surface area contributed by atoms with Crippen LogP contribution in [0.2, 0.25) is 0 Å². The lowest BCUT2D eigenvalue weighted by Crippen LogP contribution is -2.58. The van der Waals surface area contributed by atoms with Crippen LogP contribution in [-0.2, 0) is 21.5 Å². The monoisotopic (exact) mass is 768 g/mol. The maximum atomic E-state index is 14.6. The molecular formula is C47H52N4O6. The zero-order valence-electron chi connectivity index (χ0n) is 32.2. The third-order valence-corrected chi connectivity index (χ3v) is 12.0. The van der Waals surface area contributed by atoms with E-state index >= 15 is 0 Å². The average Bonchev–Trinajstić information content (AvgIpc) is 4.02. The third kappa shape index (κ3) is 8.48. The molecule has 2 aliphatic carbocycles. The summed E-state index contributed by atoms with van der Waals surface area (Å²) in [5, 5.41) is 28.7. The highest BCUT2D eigenvalue weighted by Gasteiger charge is 2.42. The van der Waals surface area contributed by atoms with Crippen molar-refractivity contribution in [2.24, 2.45) is 11.8 Å². The van der Waals surface area contributed by atoms with Gasteiger partial charge in [0.1, 0.15) is 24.3 Å². The normalized spacial score (nSPS) is 19.2. The molecule has 2 saturated carbocycles. The number of nitrogens with one attached hydrogen (secondary N) is 2. The van der Waals surface area contributed by atoms with E-state index in [1.807, 2.05) is 72.9 Å². The fourth-order valence-corrected chi connectivity index (χ4v) is 8.77. The number of fused-ring (bicyclic) bond motifs is 1. The second-order valence-electron chi connectivity index (χ2n) is 15.9. The predicted octanol–water partition coefficient (Wildman–Crippen LogP) is 6.18. The van der Waals surface area contributed by atoms with Crippen molar-refractivity contribution < 1.29 is 29.3 Å². The van der Waals surface area contributed by atoms with E-state index in [9.17, 15) is 19.8 Å². The van der Waals surface area contributed by atoms with Crippen molar-refractivity contribution in [3.8, 4) is 11.5 Å². The van der Waals surface area contributed by atoms with Crippen LogP contribution < -0.4 is 20.1 Å². The van der Waals surface area contributed by atoms with Crippen molar-refractivity contribution in [3.63, 3.8) is 0 Å². The molecule has 2 amide bonds. The van der Waals surface area contributed by atoms with Crippen molar-refractivity contribution in [1.29, 1.82) is 0 Å². The molecule has 2 fully saturated rings. The van der Waals surface area contributed by atoms with Gasteiger partial charge in [0.15, 0.2) is 11.5 Å². The Bertz CT molecular complexity index is 1990. The number of aromatic nitrogens is 2. The minimum absolute atomic E-state index is 0.0177. The van der Waals surface area contributed by atoms with Gasteiger partial charge in [-0.15, -0.1) is 0 Å². The lowest BCUT2D eigenvalue weighted by molar-refractivity contribution is -0.135. The van der Waals surface area contributed by atoms with Crippen LogP contribution in [0.5, 0.6) is 11.5 Å². The Morgan fingerprint density at radius 1 is 0.754 bits per heavy atom. The fourth-order valence-electron chi connectivity index (χ4n) is 8.77. The summed E-state index contributed by atoms with van der Waals surface area (Å²) < 4.78 is 14.0. The molecule has 4 aromatic carbocycles. The number of nitrogens with zero attached hydrogens (tertiary/aromatic N) is 2. The molecule has 57 heavy (non-hydrogen) atoms. The second-order valence-corrected chi connectivity index (χ2v) is 15.9. The first-order chi connectivity index (χ1) is 27.9. The second kappa shape index (κ2) is 17.4. The predicted molar refractivity (Wildman–Crippen MR) is 217 cm³/mol. The number of hydrogen-bond acceptors (Lipinski definition) is 7. The topological polar surface area (TPSA) is 135 Å². The Labute approximate surface area is 334 Å². The molecule has 0 radical (unpaired) electrons. The van der Waals surface area contributed by atoms with Gasteiger partial charge in [-0.25, -0.2) is 4.98 Å². The molecule has 0 bridgehead atoms. The molecule has 10 nitrogen and oxygen atoms in total. The minimum atomic E-state index is -1.13. The Morgan fingerprint density at radius 3 is 1.93 bits per heavy atom. The summed E-state index contributed by atoms with van der Waals surface area (Å²) in [4.78, 5) is 33.4. The molecule has 2 heterocycles. The van der Waals surface area contributed by atoms with Crippen LogP contribution in [0.25, 0.3) is 0 Å². The SMILES string of the molecule is O=C(N[C@@H](Cc1cn(C(c2ccccc2)(c2ccccc2)c2ccccc2)cn1)C(=O)N[C@@H](CC1CCCCC1)[C@@H](O)[C@@H](O)C1CC1)C1COc2ccccc2O1. The number of amides is 2. The Morgan fingerprint density at radius 2 is 1.33 bits per heavy atom. The number of hydrogen-bond donors (Lipinski definition) is 4. The van der Waals surface area contributed by atoms with Crippen LogP contribution in [-0.4, -0.2) is 68.6 Å². The lowest BCUT2D eigenvalue weighted by atomic mass is 9.77. The van der Waals surface area contributed by atoms with E-state index in [1.165, 1.54) is 6.42 Å². The van der Waals surface area contributed by atoms with E-state index in [0.29, 0.717) is 29.5 Å². The number of rotatable bonds is 15. The van der Waals surface area contributed by atoms with Crippen LogP contribution in [0.3, 0.4) is 0 Å². The van der Waals surface area contributed by atoms with Crippen molar-refractivity contribution in [2.75, 3.05) is 6.61 Å². The van der Waals surface area contributed by atoms with Crippen molar-refractivity contribution in [3.05, 3.63) is 150 Å². The molecule has 5 aromatic rings. The van der Waals surface area contributed by atoms with Gasteiger partial charge in [0, 0.05) is 12.6 Å². The molecule has 5 atom stereocenters. The van der Waals surface area contributed by atoms with Crippen molar-refractivity contribution in [2.45, 2.75) is 93.7 Å². The summed E-state index contributed by atoms with van der Waals surface area (Å²) in [6, 6.07) is 36.2. The van der Waals surface area contributed by atoms with Crippen LogP contribution >= 0.6 is 0 Å². The van der Waals surface area contributed by atoms with Gasteiger partial charge >= 0.3 is 0 Å². The quantitative estimate of drug-likeness (QED) is 0.0936. The third-order valence-electron chi connectivity index (χ3n) is 12.0. The smallest absolute Gasteiger partial charge is 0.265 e. The van der Waals surface area contributed by atoms with Gasteiger partial charge in [-0.1, -0.05) is 135 Å². The summed E-state index contributed by atoms with van der Waals surface area (Å²) in [5.74, 6) is 0.387. The van der Waals surface area contributed by atoms with Crippen molar-refractivity contribution in [1.82, 2.24) is 20.2 Å². The number of aliphatic hydroxyl groups excluding tert-OH is 2. The van der Waals surface area contributed by atoms with Gasteiger partial charge in [0.05, 0.1) is 24.2 Å². The van der Waals surface area contributed by atoms with Crippen LogP contribution in [0.4, 0.5) is 0 Å². The largest absolute Gasteiger partial charge is 0.485 e. The van der Waals surface area contributed by atoms with Crippen LogP contribution in [0.1, 0.15) is 73.8 Å². The van der Waals surface area contributed by atoms with E-state index in [-0.39, 0.29) is 18.9 Å². The molecular weight excluding hydrogens is 717 g/mol. The van der Waals surface area contributed by atoms with E-state index in [1.54, 1.807) is 18.5 Å². The minimum Gasteiger partial charge on any atom is -0.485 e. The highest BCUT2D eigenvalue weighted by atomic mass is 16.6. The van der Waals surface area contributed by atoms with Gasteiger partial charge in [0.25, 0.3) is 5.91 Å². The maximum absolute atomic E-state index is 14.6. The van der Waals surface area contributed by atoms with Gasteiger partial charge in [0.2, 0.25) is 12.0 Å². The Hall–Kier alpha value is -5.45. The molecule has 1 aromatic heterocycles. The molecule has 0 saturated heterocycles. The number of aliphatic hydroxyl groups is 2. The fraction of sp³-hybridized carbons (Fsp3) is 0.383. The van der Waals surface area contributed by atoms with Gasteiger partial charge in [-0.05, 0) is 59.9 Å². The molecule has 3 aliphatic rings. The molecule has 1 aliphatic heterocycles. The summed E-state index contributed by atoms with van der Waals surface area (Å²) in [5.41, 5.74) is 2.84. The lowest BCUT2D eigenvalue weighted by Gasteiger charge is -2.37. The van der Waals surface area contributed by atoms with Crippen molar-refractivity contribution >= 4 is 11.8 Å².